The van der Waals surface area contributed by atoms with Crippen molar-refractivity contribution in [1.29, 1.82) is 0 Å². The molecule has 0 aliphatic carbocycles. The van der Waals surface area contributed by atoms with Gasteiger partial charge in [-0.25, -0.2) is 0 Å². The minimum absolute atomic E-state index is 0.463. The zero-order valence-electron chi connectivity index (χ0n) is 5.27. The summed E-state index contributed by atoms with van der Waals surface area (Å²) < 4.78 is 0. The minimum Gasteiger partial charge on any atom is -0.199 e. The summed E-state index contributed by atoms with van der Waals surface area (Å²) in [5, 5.41) is 0. The molecule has 0 amide bonds. The number of hydrogen-bond donors (Lipinski definition) is 1. The summed E-state index contributed by atoms with van der Waals surface area (Å²) in [5.74, 6) is 2.49. The van der Waals surface area contributed by atoms with Crippen LogP contribution in [0.4, 0.5) is 0 Å². The maximum absolute atomic E-state index is 4.47. The molecule has 0 heterocycles. The Morgan fingerprint density at radius 1 is 1.29 bits per heavy atom. The second-order valence-corrected chi connectivity index (χ2v) is 8.04. The standard InChI is InChI=1S/C5H14S2/c1-4-7(3,6)5-2/h6H,4-5H2,1-3H3. The van der Waals surface area contributed by atoms with Crippen molar-refractivity contribution in [2.24, 2.45) is 0 Å². The van der Waals surface area contributed by atoms with E-state index in [4.69, 9.17) is 0 Å². The third-order valence-electron chi connectivity index (χ3n) is 1.24. The van der Waals surface area contributed by atoms with E-state index in [9.17, 15) is 0 Å². The van der Waals surface area contributed by atoms with Crippen LogP contribution in [0.3, 0.4) is 0 Å². The lowest BCUT2D eigenvalue weighted by Crippen LogP contribution is -1.93. The van der Waals surface area contributed by atoms with Gasteiger partial charge in [-0.3, -0.25) is 0 Å². The van der Waals surface area contributed by atoms with E-state index in [-0.39, 0.29) is 0 Å². The average Bonchev–Trinajstić information content (AvgIpc) is 1.68. The van der Waals surface area contributed by atoms with Gasteiger partial charge in [0.1, 0.15) is 0 Å². The molecule has 7 heavy (non-hydrogen) atoms. The van der Waals surface area contributed by atoms with Crippen molar-refractivity contribution >= 4 is 20.7 Å². The van der Waals surface area contributed by atoms with Gasteiger partial charge >= 0.3 is 0 Å². The van der Waals surface area contributed by atoms with Crippen molar-refractivity contribution in [3.8, 4) is 0 Å². The van der Waals surface area contributed by atoms with Gasteiger partial charge in [0.05, 0.1) is 0 Å². The van der Waals surface area contributed by atoms with Gasteiger partial charge in [-0.05, 0) is 17.8 Å². The summed E-state index contributed by atoms with van der Waals surface area (Å²) in [5.41, 5.74) is 0. The highest BCUT2D eigenvalue weighted by molar-refractivity contribution is 8.87. The van der Waals surface area contributed by atoms with Gasteiger partial charge in [-0.1, -0.05) is 13.8 Å². The average molecular weight is 138 g/mol. The molecule has 0 unspecified atom stereocenters. The molecule has 0 rings (SSSR count). The SMILES string of the molecule is CCS(C)(S)CC. The summed E-state index contributed by atoms with van der Waals surface area (Å²) in [6, 6.07) is 0. The van der Waals surface area contributed by atoms with E-state index in [1.165, 1.54) is 11.5 Å². The molecule has 46 valence electrons. The van der Waals surface area contributed by atoms with Gasteiger partial charge in [0.2, 0.25) is 0 Å². The molecule has 0 aromatic heterocycles. The lowest BCUT2D eigenvalue weighted by molar-refractivity contribution is 1.44. The molecular formula is C5H14S2. The summed E-state index contributed by atoms with van der Waals surface area (Å²) in [4.78, 5) is 0. The monoisotopic (exact) mass is 138 g/mol. The Hall–Kier alpha value is 0.700. The Bertz CT molecular complexity index is 44.0. The Labute approximate surface area is 52.8 Å². The molecule has 0 saturated carbocycles. The zero-order chi connectivity index (χ0) is 5.91. The zero-order valence-corrected chi connectivity index (χ0v) is 6.98. The number of rotatable bonds is 2. The lowest BCUT2D eigenvalue weighted by Gasteiger charge is -2.25. The summed E-state index contributed by atoms with van der Waals surface area (Å²) >= 11 is 4.47. The summed E-state index contributed by atoms with van der Waals surface area (Å²) in [6.07, 6.45) is 2.25. The van der Waals surface area contributed by atoms with Crippen molar-refractivity contribution < 1.29 is 0 Å². The van der Waals surface area contributed by atoms with Gasteiger partial charge in [0.15, 0.2) is 0 Å². The fraction of sp³-hybridized carbons (Fsp3) is 1.00. The Morgan fingerprint density at radius 2 is 1.57 bits per heavy atom. The van der Waals surface area contributed by atoms with E-state index in [1.54, 1.807) is 0 Å². The van der Waals surface area contributed by atoms with Crippen molar-refractivity contribution in [3.63, 3.8) is 0 Å². The normalized spacial score (nSPS) is 14.3. The van der Waals surface area contributed by atoms with Crippen molar-refractivity contribution in [2.45, 2.75) is 13.8 Å². The van der Waals surface area contributed by atoms with Crippen LogP contribution in [0.15, 0.2) is 0 Å². The van der Waals surface area contributed by atoms with Crippen LogP contribution in [0, 0.1) is 0 Å². The highest BCUT2D eigenvalue weighted by Crippen LogP contribution is 2.47. The lowest BCUT2D eigenvalue weighted by atomic mass is 11.0. The molecule has 0 atom stereocenters. The quantitative estimate of drug-likeness (QED) is 0.439. The van der Waals surface area contributed by atoms with Crippen molar-refractivity contribution in [1.82, 2.24) is 0 Å². The van der Waals surface area contributed by atoms with Crippen LogP contribution in [0.1, 0.15) is 13.8 Å². The second-order valence-electron chi connectivity index (χ2n) is 1.80. The molecule has 0 fully saturated rings. The van der Waals surface area contributed by atoms with E-state index in [0.29, 0.717) is 0 Å². The molecular weight excluding hydrogens is 124 g/mol. The fourth-order valence-corrected chi connectivity index (χ4v) is 0.612. The van der Waals surface area contributed by atoms with E-state index < -0.39 is 9.06 Å². The minimum atomic E-state index is -0.463. The van der Waals surface area contributed by atoms with E-state index in [0.717, 1.165) is 0 Å². The molecule has 0 N–H and O–H groups in total. The molecule has 0 aromatic rings. The highest BCUT2D eigenvalue weighted by atomic mass is 33.1. The molecule has 2 heteroatoms. The molecule has 0 aromatic carbocycles. The largest absolute Gasteiger partial charge is 0.199 e. The maximum atomic E-state index is 4.47. The Morgan fingerprint density at radius 3 is 1.57 bits per heavy atom. The summed E-state index contributed by atoms with van der Waals surface area (Å²) in [7, 11) is -0.463. The van der Waals surface area contributed by atoms with E-state index >= 15 is 0 Å². The van der Waals surface area contributed by atoms with Crippen molar-refractivity contribution in [2.75, 3.05) is 17.8 Å². The highest BCUT2D eigenvalue weighted by Gasteiger charge is 2.03. The van der Waals surface area contributed by atoms with Crippen LogP contribution < -0.4 is 0 Å². The molecule has 0 aliphatic heterocycles. The van der Waals surface area contributed by atoms with Gasteiger partial charge in [0.25, 0.3) is 0 Å². The first-order valence-electron chi connectivity index (χ1n) is 2.58. The fourth-order valence-electron chi connectivity index (χ4n) is 0.204. The molecule has 0 spiro atoms. The maximum Gasteiger partial charge on any atom is -0.0175 e. The predicted molar refractivity (Wildman–Crippen MR) is 43.6 cm³/mol. The van der Waals surface area contributed by atoms with Gasteiger partial charge in [0, 0.05) is 0 Å². The predicted octanol–water partition coefficient (Wildman–Crippen LogP) is 2.31. The van der Waals surface area contributed by atoms with E-state index in [2.05, 4.69) is 31.8 Å². The van der Waals surface area contributed by atoms with Gasteiger partial charge < -0.3 is 0 Å². The molecule has 0 bridgehead atoms. The molecule has 0 nitrogen and oxygen atoms in total. The Kier molecular flexibility index (Phi) is 3.16. The van der Waals surface area contributed by atoms with E-state index in [1.807, 2.05) is 0 Å². The first-order chi connectivity index (χ1) is 3.12. The Balaban J connectivity index is 3.36. The second kappa shape index (κ2) is 2.88. The number of hydrogen-bond acceptors (Lipinski definition) is 1. The molecule has 0 saturated heterocycles. The topological polar surface area (TPSA) is 0 Å². The van der Waals surface area contributed by atoms with Crippen LogP contribution in [0.2, 0.25) is 0 Å². The van der Waals surface area contributed by atoms with Gasteiger partial charge in [-0.2, -0.15) is 9.06 Å². The third kappa shape index (κ3) is 3.30. The summed E-state index contributed by atoms with van der Waals surface area (Å²) in [6.45, 7) is 4.40. The van der Waals surface area contributed by atoms with Crippen LogP contribution in [0.5, 0.6) is 0 Å². The van der Waals surface area contributed by atoms with Crippen LogP contribution in [-0.4, -0.2) is 17.8 Å². The first kappa shape index (κ1) is 7.70. The number of thiol groups is 1. The smallest absolute Gasteiger partial charge is 0.0175 e. The van der Waals surface area contributed by atoms with Crippen LogP contribution >= 0.6 is 20.7 Å². The van der Waals surface area contributed by atoms with Gasteiger partial charge in [-0.15, -0.1) is 11.7 Å². The van der Waals surface area contributed by atoms with Crippen molar-refractivity contribution in [3.05, 3.63) is 0 Å². The van der Waals surface area contributed by atoms with Crippen LogP contribution in [0.25, 0.3) is 0 Å². The van der Waals surface area contributed by atoms with Crippen LogP contribution in [-0.2, 0) is 0 Å². The first-order valence-corrected chi connectivity index (χ1v) is 6.01. The molecule has 0 radical (unpaired) electrons. The molecule has 0 aliphatic rings. The third-order valence-corrected chi connectivity index (χ3v) is 5.28.